The van der Waals surface area contributed by atoms with Gasteiger partial charge in [0.1, 0.15) is 13.2 Å². The molecular weight excluding hydrogens is 1140 g/mol. The minimum absolute atomic E-state index is 0.0408. The van der Waals surface area contributed by atoms with E-state index >= 15 is 0 Å². The van der Waals surface area contributed by atoms with Crippen molar-refractivity contribution in [3.8, 4) is 0 Å². The van der Waals surface area contributed by atoms with E-state index in [1.54, 1.807) is 0 Å². The number of unbranched alkanes of at least 4 members (excludes halogenated alkanes) is 36. The van der Waals surface area contributed by atoms with E-state index in [1.807, 2.05) is 23.9 Å². The Morgan fingerprint density at radius 3 is 0.567 bits per heavy atom. The summed E-state index contributed by atoms with van der Waals surface area (Å²) in [5.74, 6) is -1.69. The molecule has 0 rings (SSSR count). The van der Waals surface area contributed by atoms with Gasteiger partial charge in [-0.05, 0) is 39.8 Å². The molecule has 530 valence electrons. The van der Waals surface area contributed by atoms with E-state index in [9.17, 15) is 28.8 Å². The van der Waals surface area contributed by atoms with Gasteiger partial charge in [0.25, 0.3) is 0 Å². The molecule has 0 aromatic heterocycles. The van der Waals surface area contributed by atoms with Crippen LogP contribution < -0.4 is 0 Å². The molecule has 0 aliphatic rings. The molecule has 0 aromatic carbocycles. The zero-order chi connectivity index (χ0) is 65.9. The first-order valence-corrected chi connectivity index (χ1v) is 37.7. The van der Waals surface area contributed by atoms with Gasteiger partial charge in [0.15, 0.2) is 0 Å². The molecule has 16 nitrogen and oxygen atoms in total. The number of ether oxygens (including phenoxy) is 6. The van der Waals surface area contributed by atoms with Crippen molar-refractivity contribution >= 4 is 35.8 Å². The van der Waals surface area contributed by atoms with E-state index < -0.39 is 0 Å². The minimum Gasteiger partial charge on any atom is -0.466 e. The lowest BCUT2D eigenvalue weighted by Gasteiger charge is -2.25. The molecule has 0 heterocycles. The Labute approximate surface area is 552 Å². The first-order valence-electron chi connectivity index (χ1n) is 37.7. The Hall–Kier alpha value is -3.34. The van der Waals surface area contributed by atoms with Crippen LogP contribution in [0, 0.1) is 0 Å². The molecule has 0 N–H and O–H groups in total. The lowest BCUT2D eigenvalue weighted by Crippen LogP contribution is -2.37. The first kappa shape index (κ1) is 86.7. The van der Waals surface area contributed by atoms with Gasteiger partial charge in [-0.25, -0.2) is 0 Å². The Balaban J connectivity index is 4.87. The van der Waals surface area contributed by atoms with Crippen molar-refractivity contribution < 1.29 is 57.2 Å². The predicted molar refractivity (Wildman–Crippen MR) is 369 cm³/mol. The molecule has 0 aliphatic carbocycles. The molecule has 0 aliphatic heterocycles. The molecule has 16 heteroatoms. The highest BCUT2D eigenvalue weighted by molar-refractivity contribution is 5.71. The van der Waals surface area contributed by atoms with E-state index in [-0.39, 0.29) is 87.6 Å². The topological polar surface area (TPSA) is 171 Å². The number of hydrogen-bond acceptors (Lipinski definition) is 16. The van der Waals surface area contributed by atoms with Crippen LogP contribution in [0.2, 0.25) is 0 Å². The molecule has 0 bridgehead atoms. The standard InChI is InChI=1S/C74H142N4O12/c1-7-11-15-19-23-27-31-35-39-43-63-85-71(81)49-55-77(56-50-72(82)86-64-44-40-36-32-28-24-20-16-12-8-2)61-59-75(5)53-47-69(79)89-67-68-90-70(80)48-54-76(6)60-62-78(57-51-73(83)87-65-45-41-37-33-29-25-21-17-13-9-3)58-52-74(84)88-66-46-42-38-34-30-26-22-18-14-10-4/h7-68H2,1-6H3. The Morgan fingerprint density at radius 1 is 0.200 bits per heavy atom. The zero-order valence-electron chi connectivity index (χ0n) is 59.5. The maximum absolute atomic E-state index is 12.8. The summed E-state index contributed by atoms with van der Waals surface area (Å²) in [7, 11) is 3.86. The molecule has 0 radical (unpaired) electrons. The number of nitrogens with zero attached hydrogens (tertiary/aromatic N) is 4. The number of esters is 6. The predicted octanol–water partition coefficient (Wildman–Crippen LogP) is 16.7. The smallest absolute Gasteiger partial charge is 0.307 e. The summed E-state index contributed by atoms with van der Waals surface area (Å²) in [6.07, 6.45) is 50.0. The first-order chi connectivity index (χ1) is 43.9. The second-order valence-corrected chi connectivity index (χ2v) is 25.8. The van der Waals surface area contributed by atoms with Gasteiger partial charge in [-0.1, -0.05) is 259 Å². The highest BCUT2D eigenvalue weighted by atomic mass is 16.6. The number of likely N-dealkylation sites (N-methyl/N-ethyl adjacent to an activating group) is 2. The Bertz CT molecular complexity index is 1440. The third-order valence-corrected chi connectivity index (χ3v) is 17.2. The molecule has 0 spiro atoms. The van der Waals surface area contributed by atoms with Crippen LogP contribution in [0.25, 0.3) is 0 Å². The highest BCUT2D eigenvalue weighted by Crippen LogP contribution is 2.15. The van der Waals surface area contributed by atoms with Gasteiger partial charge in [0.2, 0.25) is 0 Å². The quantitative estimate of drug-likeness (QED) is 0.0320. The highest BCUT2D eigenvalue weighted by Gasteiger charge is 2.17. The summed E-state index contributed by atoms with van der Waals surface area (Å²) in [6.45, 7) is 15.8. The third-order valence-electron chi connectivity index (χ3n) is 17.2. The molecule has 0 aromatic rings. The van der Waals surface area contributed by atoms with Gasteiger partial charge in [0, 0.05) is 65.4 Å². The third kappa shape index (κ3) is 64.8. The summed E-state index contributed by atoms with van der Waals surface area (Å²) >= 11 is 0. The van der Waals surface area contributed by atoms with Crippen molar-refractivity contribution in [1.82, 2.24) is 19.6 Å². The van der Waals surface area contributed by atoms with Gasteiger partial charge in [-0.2, -0.15) is 0 Å². The second-order valence-electron chi connectivity index (χ2n) is 25.8. The average molecular weight is 1280 g/mol. The van der Waals surface area contributed by atoms with Crippen LogP contribution in [0.3, 0.4) is 0 Å². The number of carbonyl (C=O) groups is 6. The van der Waals surface area contributed by atoms with E-state index in [0.29, 0.717) is 91.9 Å². The molecule has 0 unspecified atom stereocenters. The SMILES string of the molecule is CCCCCCCCCCCCOC(=O)CCN(CCC(=O)OCCCCCCCCCCCC)CCN(C)CCC(=O)OCCOC(=O)CCN(C)CCN(CCC(=O)OCCCCCCCCCCCC)CCC(=O)OCCCCCCCCCCCC. The van der Waals surface area contributed by atoms with Crippen LogP contribution >= 0.6 is 0 Å². The van der Waals surface area contributed by atoms with Gasteiger partial charge >= 0.3 is 35.8 Å². The maximum Gasteiger partial charge on any atom is 0.307 e. The van der Waals surface area contributed by atoms with Crippen molar-refractivity contribution in [2.24, 2.45) is 0 Å². The van der Waals surface area contributed by atoms with E-state index in [0.717, 1.165) is 51.4 Å². The number of carbonyl (C=O) groups excluding carboxylic acids is 6. The Morgan fingerprint density at radius 2 is 0.367 bits per heavy atom. The fourth-order valence-electron chi connectivity index (χ4n) is 10.9. The van der Waals surface area contributed by atoms with E-state index in [4.69, 9.17) is 28.4 Å². The van der Waals surface area contributed by atoms with Crippen LogP contribution in [-0.2, 0) is 57.2 Å². The van der Waals surface area contributed by atoms with Crippen LogP contribution in [0.5, 0.6) is 0 Å². The lowest BCUT2D eigenvalue weighted by molar-refractivity contribution is -0.152. The van der Waals surface area contributed by atoms with Crippen LogP contribution in [0.15, 0.2) is 0 Å². The normalized spacial score (nSPS) is 11.5. The summed E-state index contributed by atoms with van der Waals surface area (Å²) < 4.78 is 33.2. The summed E-state index contributed by atoms with van der Waals surface area (Å²) in [4.78, 5) is 84.8. The second kappa shape index (κ2) is 68.5. The Kier molecular flexibility index (Phi) is 66.0. The largest absolute Gasteiger partial charge is 0.466 e. The fraction of sp³-hybridized carbons (Fsp3) is 0.919. The van der Waals surface area contributed by atoms with Crippen LogP contribution in [0.4, 0.5) is 0 Å². The van der Waals surface area contributed by atoms with Crippen LogP contribution in [-0.4, -0.2) is 175 Å². The lowest BCUT2D eigenvalue weighted by atomic mass is 10.1. The van der Waals surface area contributed by atoms with Crippen molar-refractivity contribution in [2.75, 3.05) is 119 Å². The molecule has 0 atom stereocenters. The minimum atomic E-state index is -0.390. The average Bonchev–Trinajstić information content (AvgIpc) is 3.63. The fourth-order valence-corrected chi connectivity index (χ4v) is 10.9. The molecular formula is C74H142N4O12. The van der Waals surface area contributed by atoms with E-state index in [1.165, 1.54) is 205 Å². The van der Waals surface area contributed by atoms with Gasteiger partial charge in [-0.15, -0.1) is 0 Å². The summed E-state index contributed by atoms with van der Waals surface area (Å²) in [5.41, 5.74) is 0. The maximum atomic E-state index is 12.8. The summed E-state index contributed by atoms with van der Waals surface area (Å²) in [6, 6.07) is 0. The molecule has 0 saturated heterocycles. The van der Waals surface area contributed by atoms with Crippen molar-refractivity contribution in [3.63, 3.8) is 0 Å². The summed E-state index contributed by atoms with van der Waals surface area (Å²) in [5, 5.41) is 0. The van der Waals surface area contributed by atoms with Crippen molar-refractivity contribution in [3.05, 3.63) is 0 Å². The van der Waals surface area contributed by atoms with Crippen molar-refractivity contribution in [2.45, 2.75) is 323 Å². The number of rotatable bonds is 71. The zero-order valence-corrected chi connectivity index (χ0v) is 59.5. The van der Waals surface area contributed by atoms with Gasteiger partial charge in [0.05, 0.1) is 65.0 Å². The van der Waals surface area contributed by atoms with Gasteiger partial charge < -0.3 is 48.0 Å². The van der Waals surface area contributed by atoms with Crippen molar-refractivity contribution in [1.29, 1.82) is 0 Å². The molecule has 0 fully saturated rings. The number of hydrogen-bond donors (Lipinski definition) is 0. The molecule has 0 amide bonds. The molecule has 90 heavy (non-hydrogen) atoms. The molecule has 0 saturated carbocycles. The monoisotopic (exact) mass is 1280 g/mol. The van der Waals surface area contributed by atoms with E-state index in [2.05, 4.69) is 37.5 Å². The van der Waals surface area contributed by atoms with Crippen LogP contribution in [0.1, 0.15) is 323 Å². The van der Waals surface area contributed by atoms with Gasteiger partial charge in [-0.3, -0.25) is 28.8 Å².